The molecule has 0 spiro atoms. The number of carboxylic acids is 1. The van der Waals surface area contributed by atoms with Crippen LogP contribution in [0.5, 0.6) is 0 Å². The minimum absolute atomic E-state index is 0.270. The van der Waals surface area contributed by atoms with Gasteiger partial charge in [-0.2, -0.15) is 0 Å². The molecule has 1 aromatic rings. The van der Waals surface area contributed by atoms with Crippen LogP contribution in [0.15, 0.2) is 22.7 Å². The first-order valence-electron chi connectivity index (χ1n) is 3.69. The molecule has 3 heteroatoms. The molecule has 0 heterocycles. The number of benzene rings is 1. The van der Waals surface area contributed by atoms with Gasteiger partial charge in [0.2, 0.25) is 0 Å². The lowest BCUT2D eigenvalue weighted by Crippen LogP contribution is -2.24. The number of halogens is 1. The Kier molecular flexibility index (Phi) is 1.68. The van der Waals surface area contributed by atoms with E-state index in [1.54, 1.807) is 0 Å². The molecule has 1 aromatic carbocycles. The average molecular weight is 227 g/mol. The fourth-order valence-electron chi connectivity index (χ4n) is 1.51. The van der Waals surface area contributed by atoms with Crippen LogP contribution in [-0.4, -0.2) is 11.1 Å². The van der Waals surface area contributed by atoms with Gasteiger partial charge in [-0.25, -0.2) is 0 Å². The highest BCUT2D eigenvalue weighted by molar-refractivity contribution is 9.10. The van der Waals surface area contributed by atoms with E-state index in [-0.39, 0.29) is 5.92 Å². The first-order valence-corrected chi connectivity index (χ1v) is 4.49. The van der Waals surface area contributed by atoms with Crippen molar-refractivity contribution in [3.05, 3.63) is 33.8 Å². The normalized spacial score (nSPS) is 19.6. The maximum absolute atomic E-state index is 10.6. The molecular formula is C9H7BrO2. The molecule has 0 fully saturated rings. The molecule has 1 aliphatic rings. The molecule has 62 valence electrons. The third-order valence-electron chi connectivity index (χ3n) is 2.20. The summed E-state index contributed by atoms with van der Waals surface area (Å²) in [6, 6.07) is 5.74. The summed E-state index contributed by atoms with van der Waals surface area (Å²) in [5, 5.41) is 8.74. The summed E-state index contributed by atoms with van der Waals surface area (Å²) in [4.78, 5) is 10.6. The van der Waals surface area contributed by atoms with Crippen molar-refractivity contribution in [3.63, 3.8) is 0 Å². The zero-order valence-corrected chi connectivity index (χ0v) is 7.84. The smallest absolute Gasteiger partial charge is 0.311 e. The highest BCUT2D eigenvalue weighted by atomic mass is 79.9. The van der Waals surface area contributed by atoms with Gasteiger partial charge in [-0.1, -0.05) is 22.0 Å². The van der Waals surface area contributed by atoms with Crippen molar-refractivity contribution < 1.29 is 9.90 Å². The van der Waals surface area contributed by atoms with Crippen molar-refractivity contribution >= 4 is 21.9 Å². The summed E-state index contributed by atoms with van der Waals surface area (Å²) in [5.74, 6) is -0.988. The number of aliphatic carboxylic acids is 1. The van der Waals surface area contributed by atoms with E-state index in [1.165, 1.54) is 0 Å². The number of hydrogen-bond acceptors (Lipinski definition) is 1. The van der Waals surface area contributed by atoms with E-state index in [1.807, 2.05) is 18.2 Å². The van der Waals surface area contributed by atoms with Crippen LogP contribution in [0.3, 0.4) is 0 Å². The van der Waals surface area contributed by atoms with Crippen molar-refractivity contribution in [2.45, 2.75) is 12.3 Å². The molecule has 0 amide bonds. The summed E-state index contributed by atoms with van der Waals surface area (Å²) >= 11 is 3.34. The average Bonchev–Trinajstić information content (AvgIpc) is 1.94. The molecule has 0 saturated heterocycles. The summed E-state index contributed by atoms with van der Waals surface area (Å²) in [7, 11) is 0. The zero-order chi connectivity index (χ0) is 8.72. The van der Waals surface area contributed by atoms with Gasteiger partial charge in [-0.15, -0.1) is 0 Å². The van der Waals surface area contributed by atoms with Crippen LogP contribution in [0.25, 0.3) is 0 Å². The Bertz CT molecular complexity index is 346. The van der Waals surface area contributed by atoms with E-state index in [0.29, 0.717) is 6.42 Å². The van der Waals surface area contributed by atoms with Gasteiger partial charge in [0, 0.05) is 4.47 Å². The minimum Gasteiger partial charge on any atom is -0.481 e. The van der Waals surface area contributed by atoms with E-state index < -0.39 is 5.97 Å². The third-order valence-corrected chi connectivity index (χ3v) is 2.70. The molecule has 2 rings (SSSR count). The van der Waals surface area contributed by atoms with Crippen LogP contribution in [0.4, 0.5) is 0 Å². The van der Waals surface area contributed by atoms with Gasteiger partial charge in [-0.3, -0.25) is 4.79 Å². The maximum Gasteiger partial charge on any atom is 0.311 e. The van der Waals surface area contributed by atoms with Crippen molar-refractivity contribution in [1.82, 2.24) is 0 Å². The minimum atomic E-state index is -0.718. The van der Waals surface area contributed by atoms with Gasteiger partial charge >= 0.3 is 5.97 Å². The van der Waals surface area contributed by atoms with Crippen LogP contribution in [0, 0.1) is 0 Å². The highest BCUT2D eigenvalue weighted by Gasteiger charge is 2.31. The predicted molar refractivity (Wildman–Crippen MR) is 48.2 cm³/mol. The largest absolute Gasteiger partial charge is 0.481 e. The van der Waals surface area contributed by atoms with Gasteiger partial charge < -0.3 is 5.11 Å². The van der Waals surface area contributed by atoms with E-state index >= 15 is 0 Å². The summed E-state index contributed by atoms with van der Waals surface area (Å²) < 4.78 is 1.02. The standard InChI is InChI=1S/C9H7BrO2/c10-6-1-2-7-5(3-6)4-8(7)9(11)12/h1-3,8H,4H2,(H,11,12). The van der Waals surface area contributed by atoms with Crippen molar-refractivity contribution in [1.29, 1.82) is 0 Å². The lowest BCUT2D eigenvalue weighted by Gasteiger charge is -2.26. The molecule has 12 heavy (non-hydrogen) atoms. The Labute approximate surface area is 78.3 Å². The second kappa shape index (κ2) is 2.59. The summed E-state index contributed by atoms with van der Waals surface area (Å²) in [6.07, 6.45) is 0.671. The Hall–Kier alpha value is -0.830. The first-order chi connectivity index (χ1) is 5.68. The second-order valence-corrected chi connectivity index (χ2v) is 3.85. The molecule has 2 nitrogen and oxygen atoms in total. The Morgan fingerprint density at radius 1 is 1.58 bits per heavy atom. The summed E-state index contributed by atoms with van der Waals surface area (Å²) in [6.45, 7) is 0. The second-order valence-electron chi connectivity index (χ2n) is 2.94. The predicted octanol–water partition coefficient (Wildman–Crippen LogP) is 2.17. The summed E-state index contributed by atoms with van der Waals surface area (Å²) in [5.41, 5.74) is 2.11. The van der Waals surface area contributed by atoms with Crippen LogP contribution in [0.1, 0.15) is 17.0 Å². The lowest BCUT2D eigenvalue weighted by atomic mass is 9.78. The van der Waals surface area contributed by atoms with E-state index in [9.17, 15) is 4.79 Å². The molecule has 1 N–H and O–H groups in total. The third kappa shape index (κ3) is 1.05. The monoisotopic (exact) mass is 226 g/mol. The molecule has 1 aliphatic carbocycles. The first kappa shape index (κ1) is 7.80. The number of carbonyl (C=O) groups is 1. The molecule has 1 unspecified atom stereocenters. The van der Waals surface area contributed by atoms with Crippen molar-refractivity contribution in [2.24, 2.45) is 0 Å². The van der Waals surface area contributed by atoms with Crippen molar-refractivity contribution in [2.75, 3.05) is 0 Å². The Morgan fingerprint density at radius 2 is 2.33 bits per heavy atom. The van der Waals surface area contributed by atoms with E-state index in [2.05, 4.69) is 15.9 Å². The SMILES string of the molecule is O=C(O)C1Cc2cc(Br)ccc21. The number of fused-ring (bicyclic) bond motifs is 1. The van der Waals surface area contributed by atoms with Gasteiger partial charge in [-0.05, 0) is 29.7 Å². The molecule has 0 aromatic heterocycles. The zero-order valence-electron chi connectivity index (χ0n) is 6.25. The van der Waals surface area contributed by atoms with Gasteiger partial charge in [0.15, 0.2) is 0 Å². The quantitative estimate of drug-likeness (QED) is 0.798. The van der Waals surface area contributed by atoms with Crippen LogP contribution < -0.4 is 0 Å². The number of carboxylic acid groups (broad SMARTS) is 1. The molecule has 0 saturated carbocycles. The van der Waals surface area contributed by atoms with Crippen LogP contribution >= 0.6 is 15.9 Å². The van der Waals surface area contributed by atoms with Crippen molar-refractivity contribution in [3.8, 4) is 0 Å². The van der Waals surface area contributed by atoms with Gasteiger partial charge in [0.1, 0.15) is 0 Å². The fourth-order valence-corrected chi connectivity index (χ4v) is 1.92. The molecular weight excluding hydrogens is 220 g/mol. The van der Waals surface area contributed by atoms with Crippen LogP contribution in [0.2, 0.25) is 0 Å². The Balaban J connectivity index is 2.37. The van der Waals surface area contributed by atoms with E-state index in [0.717, 1.165) is 15.6 Å². The van der Waals surface area contributed by atoms with Gasteiger partial charge in [0.25, 0.3) is 0 Å². The topological polar surface area (TPSA) is 37.3 Å². The fraction of sp³-hybridized carbons (Fsp3) is 0.222. The van der Waals surface area contributed by atoms with Crippen LogP contribution in [-0.2, 0) is 11.2 Å². The molecule has 0 aliphatic heterocycles. The number of hydrogen-bond donors (Lipinski definition) is 1. The molecule has 0 bridgehead atoms. The Morgan fingerprint density at radius 3 is 2.92 bits per heavy atom. The van der Waals surface area contributed by atoms with E-state index in [4.69, 9.17) is 5.11 Å². The molecule has 1 atom stereocenters. The lowest BCUT2D eigenvalue weighted by molar-refractivity contribution is -0.139. The maximum atomic E-state index is 10.6. The molecule has 0 radical (unpaired) electrons. The number of rotatable bonds is 1. The highest BCUT2D eigenvalue weighted by Crippen LogP contribution is 2.36. The van der Waals surface area contributed by atoms with Gasteiger partial charge in [0.05, 0.1) is 5.92 Å².